The number of methoxy groups -OCH3 is 1. The third-order valence-corrected chi connectivity index (χ3v) is 7.25. The Labute approximate surface area is 220 Å². The molecule has 0 radical (unpaired) electrons. The molecule has 1 aliphatic heterocycles. The first-order valence-electron chi connectivity index (χ1n) is 11.6. The van der Waals surface area contributed by atoms with Crippen LogP contribution >= 0.6 is 11.6 Å². The van der Waals surface area contributed by atoms with Gasteiger partial charge in [0.1, 0.15) is 17.2 Å². The van der Waals surface area contributed by atoms with Crippen LogP contribution in [-0.4, -0.2) is 61.9 Å². The lowest BCUT2D eigenvalue weighted by Crippen LogP contribution is -2.37. The highest BCUT2D eigenvalue weighted by Gasteiger charge is 2.28. The van der Waals surface area contributed by atoms with Crippen LogP contribution in [0.2, 0.25) is 5.02 Å². The molecule has 0 unspecified atom stereocenters. The van der Waals surface area contributed by atoms with Gasteiger partial charge in [-0.1, -0.05) is 31.5 Å². The summed E-state index contributed by atoms with van der Waals surface area (Å²) in [6.07, 6.45) is 1.41. The summed E-state index contributed by atoms with van der Waals surface area (Å²) < 4.78 is 46.3. The standard InChI is InChI=1S/C24H28ClN5O6S/c1-15(2)17-5-4-8-26-23(17)37(32,33)29-22-21(36-20-13-16(34-3)6-7-18(20)25)19(14-31)27-24(28-22)30-9-11-35-12-10-30/h4-8,13,15,31H,9-12,14H2,1-3H3,(H,27,28,29). The minimum absolute atomic E-state index is 0.0678. The van der Waals surface area contributed by atoms with Crippen LogP contribution in [0.25, 0.3) is 0 Å². The molecule has 13 heteroatoms. The van der Waals surface area contributed by atoms with Crippen molar-refractivity contribution in [2.45, 2.75) is 31.4 Å². The van der Waals surface area contributed by atoms with Gasteiger partial charge in [0.05, 0.1) is 32.0 Å². The summed E-state index contributed by atoms with van der Waals surface area (Å²) in [5.41, 5.74) is 0.608. The Morgan fingerprint density at radius 2 is 1.97 bits per heavy atom. The number of morpholine rings is 1. The Morgan fingerprint density at radius 1 is 1.22 bits per heavy atom. The lowest BCUT2D eigenvalue weighted by Gasteiger charge is -2.28. The zero-order valence-electron chi connectivity index (χ0n) is 20.6. The van der Waals surface area contributed by atoms with Crippen LogP contribution in [0.1, 0.15) is 31.0 Å². The largest absolute Gasteiger partial charge is 0.497 e. The van der Waals surface area contributed by atoms with Crippen LogP contribution in [-0.2, 0) is 21.4 Å². The van der Waals surface area contributed by atoms with Gasteiger partial charge in [0.15, 0.2) is 16.6 Å². The van der Waals surface area contributed by atoms with E-state index in [0.717, 1.165) is 0 Å². The van der Waals surface area contributed by atoms with Crippen LogP contribution in [0.4, 0.5) is 11.8 Å². The summed E-state index contributed by atoms with van der Waals surface area (Å²) in [6, 6.07) is 8.15. The predicted molar refractivity (Wildman–Crippen MR) is 138 cm³/mol. The number of benzene rings is 1. The van der Waals surface area contributed by atoms with E-state index in [1.54, 1.807) is 24.3 Å². The second-order valence-corrected chi connectivity index (χ2v) is 10.5. The van der Waals surface area contributed by atoms with Crippen molar-refractivity contribution in [2.75, 3.05) is 43.0 Å². The Hall–Kier alpha value is -3.19. The fourth-order valence-electron chi connectivity index (χ4n) is 3.71. The molecule has 3 aromatic rings. The highest BCUT2D eigenvalue weighted by atomic mass is 35.5. The van der Waals surface area contributed by atoms with E-state index in [4.69, 9.17) is 25.8 Å². The molecular weight excluding hydrogens is 522 g/mol. The van der Waals surface area contributed by atoms with E-state index in [1.165, 1.54) is 19.4 Å². The summed E-state index contributed by atoms with van der Waals surface area (Å²) in [6.45, 7) is 5.12. The maximum Gasteiger partial charge on any atom is 0.280 e. The number of rotatable bonds is 9. The summed E-state index contributed by atoms with van der Waals surface area (Å²) in [7, 11) is -2.72. The van der Waals surface area contributed by atoms with Gasteiger partial charge in [0.25, 0.3) is 10.0 Å². The first-order chi connectivity index (χ1) is 17.7. The topological polar surface area (TPSA) is 136 Å². The molecule has 0 bridgehead atoms. The van der Waals surface area contributed by atoms with E-state index in [2.05, 4.69) is 19.7 Å². The quantitative estimate of drug-likeness (QED) is 0.407. The van der Waals surface area contributed by atoms with Gasteiger partial charge < -0.3 is 24.2 Å². The number of hydrogen-bond donors (Lipinski definition) is 2. The van der Waals surface area contributed by atoms with E-state index >= 15 is 0 Å². The maximum atomic E-state index is 13.6. The monoisotopic (exact) mass is 549 g/mol. The highest BCUT2D eigenvalue weighted by molar-refractivity contribution is 7.92. The maximum absolute atomic E-state index is 13.6. The third kappa shape index (κ3) is 6.04. The smallest absolute Gasteiger partial charge is 0.280 e. The summed E-state index contributed by atoms with van der Waals surface area (Å²) >= 11 is 6.33. The van der Waals surface area contributed by atoms with Crippen LogP contribution in [0.3, 0.4) is 0 Å². The van der Waals surface area contributed by atoms with Crippen molar-refractivity contribution in [2.24, 2.45) is 0 Å². The molecule has 4 rings (SSSR count). The van der Waals surface area contributed by atoms with E-state index in [9.17, 15) is 13.5 Å². The molecule has 2 N–H and O–H groups in total. The fraction of sp³-hybridized carbons (Fsp3) is 0.375. The molecule has 0 amide bonds. The molecule has 0 atom stereocenters. The van der Waals surface area contributed by atoms with Gasteiger partial charge in [-0.25, -0.2) is 9.97 Å². The lowest BCUT2D eigenvalue weighted by molar-refractivity contribution is 0.122. The molecule has 1 aromatic carbocycles. The van der Waals surface area contributed by atoms with Crippen LogP contribution < -0.4 is 19.1 Å². The molecule has 1 aliphatic rings. The van der Waals surface area contributed by atoms with Crippen molar-refractivity contribution in [1.29, 1.82) is 0 Å². The Balaban J connectivity index is 1.84. The average molecular weight is 550 g/mol. The lowest BCUT2D eigenvalue weighted by atomic mass is 10.1. The Kier molecular flexibility index (Phi) is 8.32. The van der Waals surface area contributed by atoms with Gasteiger partial charge in [-0.15, -0.1) is 0 Å². The van der Waals surface area contributed by atoms with Gasteiger partial charge in [0, 0.05) is 25.4 Å². The molecule has 0 spiro atoms. The number of pyridine rings is 1. The van der Waals surface area contributed by atoms with Gasteiger partial charge in [-0.3, -0.25) is 4.72 Å². The van der Waals surface area contributed by atoms with E-state index in [0.29, 0.717) is 37.6 Å². The predicted octanol–water partition coefficient (Wildman–Crippen LogP) is 3.58. The Bertz CT molecular complexity index is 1370. The van der Waals surface area contributed by atoms with Crippen molar-refractivity contribution >= 4 is 33.4 Å². The summed E-state index contributed by atoms with van der Waals surface area (Å²) in [4.78, 5) is 14.9. The van der Waals surface area contributed by atoms with Crippen molar-refractivity contribution in [3.05, 3.63) is 52.8 Å². The molecule has 198 valence electrons. The molecule has 0 saturated carbocycles. The SMILES string of the molecule is COc1ccc(Cl)c(Oc2c(CO)nc(N3CCOCC3)nc2NS(=O)(=O)c2ncccc2C(C)C)c1. The number of hydrogen-bond acceptors (Lipinski definition) is 10. The number of aliphatic hydroxyl groups excluding tert-OH is 1. The first-order valence-corrected chi connectivity index (χ1v) is 13.4. The number of sulfonamides is 1. The summed E-state index contributed by atoms with van der Waals surface area (Å²) in [5, 5.41) is 10.3. The molecule has 37 heavy (non-hydrogen) atoms. The molecule has 3 heterocycles. The van der Waals surface area contributed by atoms with E-state index in [-0.39, 0.29) is 44.9 Å². The molecule has 0 aliphatic carbocycles. The number of nitrogens with zero attached hydrogens (tertiary/aromatic N) is 4. The van der Waals surface area contributed by atoms with E-state index in [1.807, 2.05) is 18.7 Å². The molecule has 1 saturated heterocycles. The second kappa shape index (κ2) is 11.5. The number of anilines is 2. The number of nitrogens with one attached hydrogen (secondary N) is 1. The molecule has 11 nitrogen and oxygen atoms in total. The zero-order chi connectivity index (χ0) is 26.6. The van der Waals surface area contributed by atoms with Gasteiger partial charge in [0.2, 0.25) is 5.95 Å². The second-order valence-electron chi connectivity index (χ2n) is 8.46. The minimum atomic E-state index is -4.21. The average Bonchev–Trinajstić information content (AvgIpc) is 2.90. The van der Waals surface area contributed by atoms with Gasteiger partial charge in [-0.2, -0.15) is 13.4 Å². The number of halogens is 1. The highest BCUT2D eigenvalue weighted by Crippen LogP contribution is 2.39. The molecule has 1 fully saturated rings. The van der Waals surface area contributed by atoms with Crippen molar-refractivity contribution in [3.8, 4) is 17.2 Å². The van der Waals surface area contributed by atoms with Crippen LogP contribution in [0.5, 0.6) is 17.2 Å². The third-order valence-electron chi connectivity index (χ3n) is 5.63. The molecular formula is C24H28ClN5O6S. The van der Waals surface area contributed by atoms with Crippen LogP contribution in [0.15, 0.2) is 41.6 Å². The minimum Gasteiger partial charge on any atom is -0.497 e. The van der Waals surface area contributed by atoms with Crippen molar-refractivity contribution in [1.82, 2.24) is 15.0 Å². The number of aliphatic hydroxyl groups is 1. The number of ether oxygens (including phenoxy) is 3. The van der Waals surface area contributed by atoms with Gasteiger partial charge in [-0.05, 0) is 29.7 Å². The van der Waals surface area contributed by atoms with Crippen molar-refractivity contribution < 1.29 is 27.7 Å². The number of aromatic nitrogens is 3. The molecule has 2 aromatic heterocycles. The summed E-state index contributed by atoms with van der Waals surface area (Å²) in [5.74, 6) is 0.487. The van der Waals surface area contributed by atoms with Crippen molar-refractivity contribution in [3.63, 3.8) is 0 Å². The Morgan fingerprint density at radius 3 is 2.65 bits per heavy atom. The van der Waals surface area contributed by atoms with E-state index < -0.39 is 16.6 Å². The van der Waals surface area contributed by atoms with Crippen LogP contribution in [0, 0.1) is 0 Å². The fourth-order valence-corrected chi connectivity index (χ4v) is 5.17. The van der Waals surface area contributed by atoms with Gasteiger partial charge >= 0.3 is 0 Å². The normalized spacial score (nSPS) is 14.1. The first kappa shape index (κ1) is 26.9. The zero-order valence-corrected chi connectivity index (χ0v) is 22.2.